The highest BCUT2D eigenvalue weighted by molar-refractivity contribution is 6.22. The first-order chi connectivity index (χ1) is 10.0. The molecule has 1 saturated carbocycles. The molecule has 2 atom stereocenters. The van der Waals surface area contributed by atoms with Crippen LogP contribution in [0.25, 0.3) is 0 Å². The quantitative estimate of drug-likeness (QED) is 0.510. The molecule has 1 N–H and O–H groups in total. The first kappa shape index (κ1) is 13.5. The molecule has 110 valence electrons. The lowest BCUT2D eigenvalue weighted by Gasteiger charge is -2.19. The molecule has 0 radical (unpaired) electrons. The van der Waals surface area contributed by atoms with Crippen LogP contribution in [0.4, 0.5) is 11.4 Å². The van der Waals surface area contributed by atoms with Gasteiger partial charge in [0.2, 0.25) is 11.8 Å². The van der Waals surface area contributed by atoms with Crippen molar-refractivity contribution in [2.75, 3.05) is 4.90 Å². The fraction of sp³-hybridized carbons (Fsp3) is 0.429. The zero-order valence-electron chi connectivity index (χ0n) is 11.2. The molecule has 0 spiro atoms. The Morgan fingerprint density at radius 1 is 1.14 bits per heavy atom. The lowest BCUT2D eigenvalue weighted by molar-refractivity contribution is -0.384. The van der Waals surface area contributed by atoms with E-state index in [1.807, 2.05) is 0 Å². The Kier molecular flexibility index (Phi) is 3.12. The SMILES string of the molecule is O=C1[C@@H]2CCCC[C@H]2C(=O)N1c1cc([N+](=O)[O-])ccc1O. The lowest BCUT2D eigenvalue weighted by Crippen LogP contribution is -2.30. The minimum Gasteiger partial charge on any atom is -0.506 e. The Labute approximate surface area is 120 Å². The Morgan fingerprint density at radius 3 is 2.24 bits per heavy atom. The van der Waals surface area contributed by atoms with Crippen molar-refractivity contribution in [3.05, 3.63) is 28.3 Å². The lowest BCUT2D eigenvalue weighted by atomic mass is 9.81. The zero-order chi connectivity index (χ0) is 15.1. The summed E-state index contributed by atoms with van der Waals surface area (Å²) in [4.78, 5) is 35.9. The molecule has 2 fully saturated rings. The van der Waals surface area contributed by atoms with Crippen LogP contribution < -0.4 is 4.90 Å². The van der Waals surface area contributed by atoms with Crippen LogP contribution in [0, 0.1) is 22.0 Å². The van der Waals surface area contributed by atoms with Crippen molar-refractivity contribution in [2.45, 2.75) is 25.7 Å². The van der Waals surface area contributed by atoms with Crippen LogP contribution in [0.5, 0.6) is 5.75 Å². The highest BCUT2D eigenvalue weighted by Crippen LogP contribution is 2.43. The second-order valence-electron chi connectivity index (χ2n) is 5.44. The van der Waals surface area contributed by atoms with E-state index >= 15 is 0 Å². The van der Waals surface area contributed by atoms with E-state index < -0.39 is 4.92 Å². The maximum Gasteiger partial charge on any atom is 0.271 e. The van der Waals surface area contributed by atoms with Gasteiger partial charge in [-0.2, -0.15) is 0 Å². The number of nitrogens with zero attached hydrogens (tertiary/aromatic N) is 2. The van der Waals surface area contributed by atoms with Gasteiger partial charge in [0.1, 0.15) is 11.4 Å². The molecule has 2 aliphatic rings. The van der Waals surface area contributed by atoms with E-state index in [-0.39, 0.29) is 40.8 Å². The molecule has 1 saturated heterocycles. The molecule has 3 rings (SSSR count). The van der Waals surface area contributed by atoms with Crippen molar-refractivity contribution in [1.29, 1.82) is 0 Å². The van der Waals surface area contributed by atoms with Crippen LogP contribution in [-0.2, 0) is 9.59 Å². The molecule has 1 aromatic rings. The number of anilines is 1. The molecule has 21 heavy (non-hydrogen) atoms. The van der Waals surface area contributed by atoms with Gasteiger partial charge in [-0.25, -0.2) is 4.90 Å². The number of hydrogen-bond donors (Lipinski definition) is 1. The third-order valence-electron chi connectivity index (χ3n) is 4.25. The number of carbonyl (C=O) groups is 2. The van der Waals surface area contributed by atoms with E-state index in [0.29, 0.717) is 12.8 Å². The van der Waals surface area contributed by atoms with E-state index in [2.05, 4.69) is 0 Å². The molecule has 0 bridgehead atoms. The smallest absolute Gasteiger partial charge is 0.271 e. The van der Waals surface area contributed by atoms with Crippen molar-refractivity contribution in [2.24, 2.45) is 11.8 Å². The number of carbonyl (C=O) groups excluding carboxylic acids is 2. The number of non-ortho nitro benzene ring substituents is 1. The van der Waals surface area contributed by atoms with E-state index in [1.165, 1.54) is 0 Å². The Bertz CT molecular complexity index is 618. The summed E-state index contributed by atoms with van der Waals surface area (Å²) >= 11 is 0. The van der Waals surface area contributed by atoms with Gasteiger partial charge in [-0.15, -0.1) is 0 Å². The van der Waals surface area contributed by atoms with Crippen LogP contribution in [0.3, 0.4) is 0 Å². The third-order valence-corrected chi connectivity index (χ3v) is 4.25. The average molecular weight is 290 g/mol. The number of imide groups is 1. The second-order valence-corrected chi connectivity index (χ2v) is 5.44. The van der Waals surface area contributed by atoms with Gasteiger partial charge in [0.25, 0.3) is 5.69 Å². The zero-order valence-corrected chi connectivity index (χ0v) is 11.2. The molecule has 1 aromatic carbocycles. The van der Waals surface area contributed by atoms with Crippen LogP contribution in [0.15, 0.2) is 18.2 Å². The Hall–Kier alpha value is -2.44. The molecule has 7 nitrogen and oxygen atoms in total. The van der Waals surface area contributed by atoms with Gasteiger partial charge < -0.3 is 5.11 Å². The maximum absolute atomic E-state index is 12.4. The third kappa shape index (κ3) is 2.05. The molecular formula is C14H14N2O5. The highest BCUT2D eigenvalue weighted by atomic mass is 16.6. The first-order valence-electron chi connectivity index (χ1n) is 6.86. The summed E-state index contributed by atoms with van der Waals surface area (Å²) in [6.45, 7) is 0. The summed E-state index contributed by atoms with van der Waals surface area (Å²) in [5, 5.41) is 20.7. The summed E-state index contributed by atoms with van der Waals surface area (Å²) in [5.74, 6) is -1.74. The van der Waals surface area contributed by atoms with E-state index in [4.69, 9.17) is 0 Å². The summed E-state index contributed by atoms with van der Waals surface area (Å²) in [6, 6.07) is 3.34. The topological polar surface area (TPSA) is 101 Å². The summed E-state index contributed by atoms with van der Waals surface area (Å²) in [5.41, 5.74) is -0.355. The van der Waals surface area contributed by atoms with E-state index in [1.54, 1.807) is 0 Å². The minimum absolute atomic E-state index is 0.0893. The number of benzene rings is 1. The number of nitro benzene ring substituents is 1. The van der Waals surface area contributed by atoms with Gasteiger partial charge in [0.15, 0.2) is 0 Å². The highest BCUT2D eigenvalue weighted by Gasteiger charge is 2.49. The average Bonchev–Trinajstić information content (AvgIpc) is 2.72. The molecule has 1 aliphatic carbocycles. The molecule has 0 aromatic heterocycles. The number of rotatable bonds is 2. The summed E-state index contributed by atoms with van der Waals surface area (Å²) in [7, 11) is 0. The van der Waals surface area contributed by atoms with Crippen molar-refractivity contribution in [3.8, 4) is 5.75 Å². The molecular weight excluding hydrogens is 276 g/mol. The molecule has 1 heterocycles. The number of fused-ring (bicyclic) bond motifs is 1. The normalized spacial score (nSPS) is 25.0. The maximum atomic E-state index is 12.4. The first-order valence-corrected chi connectivity index (χ1v) is 6.86. The van der Waals surface area contributed by atoms with Crippen LogP contribution in [0.1, 0.15) is 25.7 Å². The van der Waals surface area contributed by atoms with Crippen molar-refractivity contribution >= 4 is 23.2 Å². The molecule has 2 amide bonds. The fourth-order valence-electron chi connectivity index (χ4n) is 3.20. The number of phenols is 1. The monoisotopic (exact) mass is 290 g/mol. The summed E-state index contributed by atoms with van der Waals surface area (Å²) in [6.07, 6.45) is 3.10. The Morgan fingerprint density at radius 2 is 1.71 bits per heavy atom. The number of hydrogen-bond acceptors (Lipinski definition) is 5. The van der Waals surface area contributed by atoms with Crippen molar-refractivity contribution < 1.29 is 19.6 Å². The van der Waals surface area contributed by atoms with Crippen molar-refractivity contribution in [1.82, 2.24) is 0 Å². The molecule has 1 aliphatic heterocycles. The predicted octanol–water partition coefficient (Wildman–Crippen LogP) is 1.98. The van der Waals surface area contributed by atoms with E-state index in [0.717, 1.165) is 35.9 Å². The van der Waals surface area contributed by atoms with Gasteiger partial charge in [0.05, 0.1) is 16.8 Å². The van der Waals surface area contributed by atoms with Crippen LogP contribution in [-0.4, -0.2) is 21.8 Å². The number of nitro groups is 1. The van der Waals surface area contributed by atoms with Gasteiger partial charge in [0, 0.05) is 12.1 Å². The van der Waals surface area contributed by atoms with Gasteiger partial charge in [-0.05, 0) is 18.9 Å². The standard InChI is InChI=1S/C14H14N2O5/c17-12-6-5-8(16(20)21)7-11(12)15-13(18)9-3-1-2-4-10(9)14(15)19/h5-7,9-10,17H,1-4H2/t9-,10-/m1/s1. The van der Waals surface area contributed by atoms with Crippen molar-refractivity contribution in [3.63, 3.8) is 0 Å². The summed E-state index contributed by atoms with van der Waals surface area (Å²) < 4.78 is 0. The second kappa shape index (κ2) is 4.83. The van der Waals surface area contributed by atoms with E-state index in [9.17, 15) is 24.8 Å². The van der Waals surface area contributed by atoms with Gasteiger partial charge in [-0.3, -0.25) is 19.7 Å². The minimum atomic E-state index is -0.624. The number of amides is 2. The number of aromatic hydroxyl groups is 1. The number of phenolic OH excluding ortho intramolecular Hbond substituents is 1. The van der Waals surface area contributed by atoms with Gasteiger partial charge in [-0.1, -0.05) is 12.8 Å². The largest absolute Gasteiger partial charge is 0.506 e. The van der Waals surface area contributed by atoms with Gasteiger partial charge >= 0.3 is 0 Å². The van der Waals surface area contributed by atoms with Crippen LogP contribution >= 0.6 is 0 Å². The molecule has 0 unspecified atom stereocenters. The predicted molar refractivity (Wildman–Crippen MR) is 72.7 cm³/mol. The molecule has 7 heteroatoms. The fourth-order valence-corrected chi connectivity index (χ4v) is 3.20. The van der Waals surface area contributed by atoms with Crippen LogP contribution in [0.2, 0.25) is 0 Å². The Balaban J connectivity index is 2.04.